The molecule has 0 unspecified atom stereocenters. The van der Waals surface area contributed by atoms with E-state index in [1.54, 1.807) is 0 Å². The van der Waals surface area contributed by atoms with E-state index in [1.807, 2.05) is 4.90 Å². The molecule has 0 aliphatic carbocycles. The van der Waals surface area contributed by atoms with E-state index in [9.17, 15) is 8.78 Å². The largest absolute Gasteiger partial charge is 0.394 e. The molecule has 0 atom stereocenters. The summed E-state index contributed by atoms with van der Waals surface area (Å²) < 4.78 is 29.7. The first-order chi connectivity index (χ1) is 8.22. The molecule has 0 saturated carbocycles. The Morgan fingerprint density at radius 2 is 1.76 bits per heavy atom. The SMILES string of the molecule is OCCOCCN1CCCN(CC(F)F)CC1. The van der Waals surface area contributed by atoms with Crippen molar-refractivity contribution in [3.05, 3.63) is 0 Å². The summed E-state index contributed by atoms with van der Waals surface area (Å²) in [5.41, 5.74) is 0. The second-order valence-electron chi connectivity index (χ2n) is 4.22. The van der Waals surface area contributed by atoms with Crippen LogP contribution in [-0.2, 0) is 4.74 Å². The molecule has 102 valence electrons. The summed E-state index contributed by atoms with van der Waals surface area (Å²) in [5, 5.41) is 8.55. The lowest BCUT2D eigenvalue weighted by Gasteiger charge is -2.21. The van der Waals surface area contributed by atoms with E-state index < -0.39 is 6.43 Å². The van der Waals surface area contributed by atoms with Crippen LogP contribution in [0.15, 0.2) is 0 Å². The Morgan fingerprint density at radius 1 is 1.06 bits per heavy atom. The third kappa shape index (κ3) is 6.88. The van der Waals surface area contributed by atoms with Gasteiger partial charge in [-0.25, -0.2) is 8.78 Å². The fourth-order valence-corrected chi connectivity index (χ4v) is 1.99. The molecule has 1 aliphatic rings. The van der Waals surface area contributed by atoms with E-state index in [2.05, 4.69) is 4.90 Å². The van der Waals surface area contributed by atoms with E-state index in [4.69, 9.17) is 9.84 Å². The molecule has 6 heteroatoms. The molecule has 0 radical (unpaired) electrons. The summed E-state index contributed by atoms with van der Waals surface area (Å²) in [4.78, 5) is 4.04. The zero-order valence-corrected chi connectivity index (χ0v) is 10.2. The van der Waals surface area contributed by atoms with Gasteiger partial charge in [-0.15, -0.1) is 0 Å². The smallest absolute Gasteiger partial charge is 0.251 e. The Labute approximate surface area is 101 Å². The molecule has 0 aromatic carbocycles. The van der Waals surface area contributed by atoms with Crippen LogP contribution in [0.1, 0.15) is 6.42 Å². The minimum absolute atomic E-state index is 0.0438. The van der Waals surface area contributed by atoms with Gasteiger partial charge in [-0.1, -0.05) is 0 Å². The van der Waals surface area contributed by atoms with Crippen LogP contribution in [0.25, 0.3) is 0 Å². The molecule has 1 heterocycles. The molecule has 1 N–H and O–H groups in total. The number of aliphatic hydroxyl groups excluding tert-OH is 1. The first-order valence-electron chi connectivity index (χ1n) is 6.14. The Morgan fingerprint density at radius 3 is 2.47 bits per heavy atom. The van der Waals surface area contributed by atoms with Crippen molar-refractivity contribution in [2.75, 3.05) is 59.1 Å². The Bertz CT molecular complexity index is 196. The van der Waals surface area contributed by atoms with Gasteiger partial charge >= 0.3 is 0 Å². The molecule has 1 saturated heterocycles. The first kappa shape index (κ1) is 14.8. The van der Waals surface area contributed by atoms with Crippen molar-refractivity contribution in [2.45, 2.75) is 12.8 Å². The normalized spacial score (nSPS) is 19.8. The summed E-state index contributed by atoms with van der Waals surface area (Å²) in [6.07, 6.45) is -1.32. The maximum atomic E-state index is 12.2. The van der Waals surface area contributed by atoms with Crippen molar-refractivity contribution in [3.63, 3.8) is 0 Å². The van der Waals surface area contributed by atoms with Gasteiger partial charge in [0.05, 0.1) is 26.4 Å². The lowest BCUT2D eigenvalue weighted by molar-refractivity contribution is 0.0718. The zero-order valence-electron chi connectivity index (χ0n) is 10.2. The van der Waals surface area contributed by atoms with Crippen LogP contribution in [0.2, 0.25) is 0 Å². The number of aliphatic hydroxyl groups is 1. The summed E-state index contributed by atoms with van der Waals surface area (Å²) >= 11 is 0. The molecule has 0 spiro atoms. The highest BCUT2D eigenvalue weighted by molar-refractivity contribution is 4.70. The summed E-state index contributed by atoms with van der Waals surface area (Å²) in [7, 11) is 0. The second-order valence-corrected chi connectivity index (χ2v) is 4.22. The van der Waals surface area contributed by atoms with Crippen LogP contribution in [0.4, 0.5) is 8.78 Å². The lowest BCUT2D eigenvalue weighted by Crippen LogP contribution is -2.34. The van der Waals surface area contributed by atoms with E-state index in [-0.39, 0.29) is 13.2 Å². The number of halogens is 2. The Balaban J connectivity index is 2.14. The van der Waals surface area contributed by atoms with Crippen LogP contribution in [0, 0.1) is 0 Å². The summed E-state index contributed by atoms with van der Waals surface area (Å²) in [6.45, 7) is 4.89. The molecule has 0 bridgehead atoms. The minimum Gasteiger partial charge on any atom is -0.394 e. The number of hydrogen-bond acceptors (Lipinski definition) is 4. The van der Waals surface area contributed by atoms with Crippen molar-refractivity contribution in [1.29, 1.82) is 0 Å². The highest BCUT2D eigenvalue weighted by Gasteiger charge is 2.17. The number of ether oxygens (including phenoxy) is 1. The van der Waals surface area contributed by atoms with E-state index in [0.29, 0.717) is 19.8 Å². The molecule has 1 rings (SSSR count). The number of alkyl halides is 2. The van der Waals surface area contributed by atoms with Crippen LogP contribution < -0.4 is 0 Å². The summed E-state index contributed by atoms with van der Waals surface area (Å²) in [5.74, 6) is 0. The maximum absolute atomic E-state index is 12.2. The molecule has 0 amide bonds. The van der Waals surface area contributed by atoms with Crippen LogP contribution in [-0.4, -0.2) is 80.4 Å². The van der Waals surface area contributed by atoms with Crippen molar-refractivity contribution < 1.29 is 18.6 Å². The van der Waals surface area contributed by atoms with E-state index >= 15 is 0 Å². The maximum Gasteiger partial charge on any atom is 0.251 e. The van der Waals surface area contributed by atoms with Crippen LogP contribution >= 0.6 is 0 Å². The third-order valence-corrected chi connectivity index (χ3v) is 2.86. The Hall–Kier alpha value is -0.300. The highest BCUT2D eigenvalue weighted by Crippen LogP contribution is 2.05. The molecular weight excluding hydrogens is 230 g/mol. The number of rotatable bonds is 7. The van der Waals surface area contributed by atoms with Gasteiger partial charge in [0.2, 0.25) is 0 Å². The van der Waals surface area contributed by atoms with Gasteiger partial charge in [0.15, 0.2) is 0 Å². The minimum atomic E-state index is -2.24. The molecule has 1 fully saturated rings. The zero-order chi connectivity index (χ0) is 12.5. The van der Waals surface area contributed by atoms with Crippen LogP contribution in [0.3, 0.4) is 0 Å². The van der Waals surface area contributed by atoms with Crippen molar-refractivity contribution in [3.8, 4) is 0 Å². The average molecular weight is 252 g/mol. The fraction of sp³-hybridized carbons (Fsp3) is 1.00. The highest BCUT2D eigenvalue weighted by atomic mass is 19.3. The quantitative estimate of drug-likeness (QED) is 0.660. The number of hydrogen-bond donors (Lipinski definition) is 1. The monoisotopic (exact) mass is 252 g/mol. The van der Waals surface area contributed by atoms with Gasteiger partial charge in [-0.05, 0) is 19.5 Å². The first-order valence-corrected chi connectivity index (χ1v) is 6.14. The van der Waals surface area contributed by atoms with Crippen LogP contribution in [0.5, 0.6) is 0 Å². The second kappa shape index (κ2) is 8.74. The molecule has 0 aromatic heterocycles. The molecule has 1 aliphatic heterocycles. The van der Waals surface area contributed by atoms with E-state index in [1.165, 1.54) is 0 Å². The van der Waals surface area contributed by atoms with Gasteiger partial charge < -0.3 is 9.84 Å². The predicted molar refractivity (Wildman–Crippen MR) is 61.4 cm³/mol. The Kier molecular flexibility index (Phi) is 7.59. The molecule has 4 nitrogen and oxygen atoms in total. The standard InChI is InChI=1S/C11H22F2N2O2/c12-11(13)10-15-3-1-2-14(4-5-15)6-8-17-9-7-16/h11,16H,1-10H2. The third-order valence-electron chi connectivity index (χ3n) is 2.86. The van der Waals surface area contributed by atoms with E-state index in [0.717, 1.165) is 32.6 Å². The molecule has 17 heavy (non-hydrogen) atoms. The molecule has 0 aromatic rings. The topological polar surface area (TPSA) is 35.9 Å². The molecular formula is C11H22F2N2O2. The van der Waals surface area contributed by atoms with Gasteiger partial charge in [0, 0.05) is 19.6 Å². The van der Waals surface area contributed by atoms with Gasteiger partial charge in [-0.3, -0.25) is 9.80 Å². The summed E-state index contributed by atoms with van der Waals surface area (Å²) in [6, 6.07) is 0. The van der Waals surface area contributed by atoms with Crippen molar-refractivity contribution in [2.24, 2.45) is 0 Å². The van der Waals surface area contributed by atoms with Gasteiger partial charge in [-0.2, -0.15) is 0 Å². The van der Waals surface area contributed by atoms with Gasteiger partial charge in [0.25, 0.3) is 6.43 Å². The van der Waals surface area contributed by atoms with Gasteiger partial charge in [0.1, 0.15) is 0 Å². The lowest BCUT2D eigenvalue weighted by atomic mass is 10.4. The fourth-order valence-electron chi connectivity index (χ4n) is 1.99. The van der Waals surface area contributed by atoms with Crippen molar-refractivity contribution in [1.82, 2.24) is 9.80 Å². The predicted octanol–water partition coefficient (Wildman–Crippen LogP) is 0.268. The number of nitrogens with zero attached hydrogens (tertiary/aromatic N) is 2. The average Bonchev–Trinajstić information content (AvgIpc) is 2.50. The van der Waals surface area contributed by atoms with Crippen molar-refractivity contribution >= 4 is 0 Å².